The fourth-order valence-electron chi connectivity index (χ4n) is 4.06. The summed E-state index contributed by atoms with van der Waals surface area (Å²) in [6.07, 6.45) is 3.73. The zero-order valence-corrected chi connectivity index (χ0v) is 18.8. The van der Waals surface area contributed by atoms with E-state index in [1.54, 1.807) is 6.20 Å². The maximum Gasteiger partial charge on any atom is 0.224 e. The van der Waals surface area contributed by atoms with Crippen molar-refractivity contribution in [2.24, 2.45) is 5.92 Å². The molecule has 0 saturated carbocycles. The molecule has 1 fully saturated rings. The highest BCUT2D eigenvalue weighted by atomic mass is 35.5. The molecule has 1 aliphatic rings. The Morgan fingerprint density at radius 3 is 2.71 bits per heavy atom. The first-order valence-electron chi connectivity index (χ1n) is 10.6. The number of pyridine rings is 1. The lowest BCUT2D eigenvalue weighted by Gasteiger charge is -2.32. The molecule has 1 atom stereocenters. The molecular weight excluding hydrogens is 431 g/mol. The van der Waals surface area contributed by atoms with E-state index in [2.05, 4.69) is 32.7 Å². The van der Waals surface area contributed by atoms with Crippen LogP contribution in [-0.4, -0.2) is 42.0 Å². The van der Waals surface area contributed by atoms with E-state index in [1.165, 1.54) is 5.56 Å². The molecule has 0 radical (unpaired) electrons. The predicted octanol–water partition coefficient (Wildman–Crippen LogP) is 4.98. The minimum Gasteiger partial charge on any atom is -0.383 e. The lowest BCUT2D eigenvalue weighted by Crippen LogP contribution is -2.43. The average Bonchev–Trinajstić information content (AvgIpc) is 2.78. The minimum absolute atomic E-state index is 0.0324. The van der Waals surface area contributed by atoms with Crippen molar-refractivity contribution in [3.63, 3.8) is 0 Å². The summed E-state index contributed by atoms with van der Waals surface area (Å²) >= 11 is 12.0. The highest BCUT2D eigenvalue weighted by molar-refractivity contribution is 6.31. The van der Waals surface area contributed by atoms with Gasteiger partial charge in [0.1, 0.15) is 0 Å². The third-order valence-corrected chi connectivity index (χ3v) is 6.13. The van der Waals surface area contributed by atoms with Gasteiger partial charge in [0.25, 0.3) is 0 Å². The lowest BCUT2D eigenvalue weighted by molar-refractivity contribution is -0.126. The first-order valence-corrected chi connectivity index (χ1v) is 11.4. The molecule has 0 bridgehead atoms. The number of rotatable bonds is 7. The zero-order valence-electron chi connectivity index (χ0n) is 17.3. The van der Waals surface area contributed by atoms with Gasteiger partial charge in [-0.1, -0.05) is 35.3 Å². The van der Waals surface area contributed by atoms with E-state index < -0.39 is 0 Å². The van der Waals surface area contributed by atoms with Crippen LogP contribution in [0.15, 0.2) is 54.7 Å². The Balaban J connectivity index is 1.25. The number of benzene rings is 2. The van der Waals surface area contributed by atoms with Crippen LogP contribution >= 0.6 is 23.2 Å². The summed E-state index contributed by atoms with van der Waals surface area (Å²) in [6.45, 7) is 3.88. The highest BCUT2D eigenvalue weighted by Crippen LogP contribution is 2.24. The van der Waals surface area contributed by atoms with Crippen LogP contribution in [0.4, 0.5) is 5.69 Å². The lowest BCUT2D eigenvalue weighted by atomic mass is 9.96. The van der Waals surface area contributed by atoms with Crippen molar-refractivity contribution < 1.29 is 4.79 Å². The molecular formula is C24H26Cl2N4O. The number of likely N-dealkylation sites (tertiary alicyclic amines) is 1. The van der Waals surface area contributed by atoms with Gasteiger partial charge in [-0.2, -0.15) is 0 Å². The number of piperidine rings is 1. The van der Waals surface area contributed by atoms with E-state index in [-0.39, 0.29) is 11.8 Å². The largest absolute Gasteiger partial charge is 0.383 e. The molecule has 4 rings (SSSR count). The number of anilines is 1. The number of hydrogen-bond acceptors (Lipinski definition) is 4. The number of carbonyl (C=O) groups excluding carboxylic acids is 1. The average molecular weight is 457 g/mol. The first-order chi connectivity index (χ1) is 15.1. The van der Waals surface area contributed by atoms with Gasteiger partial charge in [0.15, 0.2) is 0 Å². The summed E-state index contributed by atoms with van der Waals surface area (Å²) in [5.74, 6) is 0.166. The van der Waals surface area contributed by atoms with Crippen LogP contribution in [0.25, 0.3) is 10.9 Å². The van der Waals surface area contributed by atoms with E-state index >= 15 is 0 Å². The van der Waals surface area contributed by atoms with Gasteiger partial charge in [0, 0.05) is 53.5 Å². The molecule has 1 saturated heterocycles. The molecule has 0 aliphatic carbocycles. The third-order valence-electron chi connectivity index (χ3n) is 5.64. The van der Waals surface area contributed by atoms with Crippen LogP contribution in [0.5, 0.6) is 0 Å². The Morgan fingerprint density at radius 2 is 1.87 bits per heavy atom. The number of fused-ring (bicyclic) bond motifs is 1. The van der Waals surface area contributed by atoms with Crippen molar-refractivity contribution in [3.8, 4) is 0 Å². The molecule has 5 nitrogen and oxygen atoms in total. The van der Waals surface area contributed by atoms with E-state index in [9.17, 15) is 4.79 Å². The van der Waals surface area contributed by atoms with Crippen LogP contribution in [0.3, 0.4) is 0 Å². The van der Waals surface area contributed by atoms with Gasteiger partial charge < -0.3 is 10.6 Å². The maximum atomic E-state index is 12.7. The van der Waals surface area contributed by atoms with Crippen LogP contribution in [0.2, 0.25) is 10.0 Å². The summed E-state index contributed by atoms with van der Waals surface area (Å²) in [5, 5.41) is 8.91. The van der Waals surface area contributed by atoms with E-state index in [0.717, 1.165) is 54.1 Å². The van der Waals surface area contributed by atoms with Crippen LogP contribution in [0.1, 0.15) is 18.4 Å². The smallest absolute Gasteiger partial charge is 0.224 e. The van der Waals surface area contributed by atoms with Crippen LogP contribution in [0, 0.1) is 5.92 Å². The number of carbonyl (C=O) groups is 1. The molecule has 1 aliphatic heterocycles. The predicted molar refractivity (Wildman–Crippen MR) is 128 cm³/mol. The van der Waals surface area contributed by atoms with Crippen LogP contribution < -0.4 is 10.6 Å². The SMILES string of the molecule is O=C(NCCNc1ccnc2cc(Cl)ccc12)C1CCCN(Cc2ccc(Cl)cc2)C1. The first kappa shape index (κ1) is 21.9. The van der Waals surface area contributed by atoms with Gasteiger partial charge >= 0.3 is 0 Å². The van der Waals surface area contributed by atoms with Crippen molar-refractivity contribution in [3.05, 3.63) is 70.3 Å². The fraction of sp³-hybridized carbons (Fsp3) is 0.333. The second-order valence-electron chi connectivity index (χ2n) is 7.94. The molecule has 1 unspecified atom stereocenters. The molecule has 1 amide bonds. The fourth-order valence-corrected chi connectivity index (χ4v) is 4.36. The zero-order chi connectivity index (χ0) is 21.6. The number of halogens is 2. The normalized spacial score (nSPS) is 16.9. The number of aromatic nitrogens is 1. The molecule has 2 heterocycles. The Kier molecular flexibility index (Phi) is 7.28. The summed E-state index contributed by atoms with van der Waals surface area (Å²) in [4.78, 5) is 19.4. The monoisotopic (exact) mass is 456 g/mol. The molecule has 7 heteroatoms. The molecule has 31 heavy (non-hydrogen) atoms. The number of nitrogens with zero attached hydrogens (tertiary/aromatic N) is 2. The maximum absolute atomic E-state index is 12.7. The summed E-state index contributed by atoms with van der Waals surface area (Å²) in [6, 6.07) is 15.5. The second kappa shape index (κ2) is 10.3. The topological polar surface area (TPSA) is 57.3 Å². The molecule has 0 spiro atoms. The minimum atomic E-state index is 0.0324. The quantitative estimate of drug-likeness (QED) is 0.492. The highest BCUT2D eigenvalue weighted by Gasteiger charge is 2.25. The summed E-state index contributed by atoms with van der Waals surface area (Å²) in [7, 11) is 0. The Morgan fingerprint density at radius 1 is 1.06 bits per heavy atom. The molecule has 162 valence electrons. The van der Waals surface area contributed by atoms with Crippen molar-refractivity contribution in [2.75, 3.05) is 31.5 Å². The molecule has 1 aromatic heterocycles. The van der Waals surface area contributed by atoms with Gasteiger partial charge in [0.05, 0.1) is 11.4 Å². The van der Waals surface area contributed by atoms with Crippen molar-refractivity contribution in [1.29, 1.82) is 0 Å². The molecule has 3 aromatic rings. The van der Waals surface area contributed by atoms with Crippen LogP contribution in [-0.2, 0) is 11.3 Å². The van der Waals surface area contributed by atoms with Gasteiger partial charge in [-0.25, -0.2) is 0 Å². The molecule has 2 N–H and O–H groups in total. The number of hydrogen-bond donors (Lipinski definition) is 2. The molecule has 2 aromatic carbocycles. The van der Waals surface area contributed by atoms with Gasteiger partial charge in [-0.05, 0) is 61.3 Å². The summed E-state index contributed by atoms with van der Waals surface area (Å²) < 4.78 is 0. The third kappa shape index (κ3) is 5.88. The van der Waals surface area contributed by atoms with E-state index in [4.69, 9.17) is 23.2 Å². The Bertz CT molecular complexity index is 1040. The number of nitrogens with one attached hydrogen (secondary N) is 2. The van der Waals surface area contributed by atoms with Gasteiger partial charge in [0.2, 0.25) is 5.91 Å². The second-order valence-corrected chi connectivity index (χ2v) is 8.81. The van der Waals surface area contributed by atoms with Crippen molar-refractivity contribution >= 4 is 45.7 Å². The number of amides is 1. The Labute approximate surface area is 192 Å². The van der Waals surface area contributed by atoms with Gasteiger partial charge in [-0.3, -0.25) is 14.7 Å². The van der Waals surface area contributed by atoms with Crippen molar-refractivity contribution in [1.82, 2.24) is 15.2 Å². The standard InChI is InChI=1S/C24H26Cl2N4O/c25-19-5-3-17(4-6-19)15-30-13-1-2-18(16-30)24(31)29-12-11-28-22-9-10-27-23-14-20(26)7-8-21(22)23/h3-10,14,18H,1-2,11-13,15-16H2,(H,27,28)(H,29,31). The summed E-state index contributed by atoms with van der Waals surface area (Å²) in [5.41, 5.74) is 3.06. The Hall–Kier alpha value is -2.34. The van der Waals surface area contributed by atoms with Gasteiger partial charge in [-0.15, -0.1) is 0 Å². The van der Waals surface area contributed by atoms with E-state index in [1.807, 2.05) is 36.4 Å². The van der Waals surface area contributed by atoms with Crippen molar-refractivity contribution in [2.45, 2.75) is 19.4 Å². The van der Waals surface area contributed by atoms with E-state index in [0.29, 0.717) is 18.1 Å².